The van der Waals surface area contributed by atoms with Crippen LogP contribution < -0.4 is 10.9 Å². The van der Waals surface area contributed by atoms with Gasteiger partial charge in [-0.25, -0.2) is 0 Å². The van der Waals surface area contributed by atoms with E-state index < -0.39 is 5.91 Å². The second kappa shape index (κ2) is 8.60. The molecule has 0 spiro atoms. The predicted octanol–water partition coefficient (Wildman–Crippen LogP) is 0.998. The van der Waals surface area contributed by atoms with E-state index in [-0.39, 0.29) is 22.6 Å². The van der Waals surface area contributed by atoms with E-state index in [4.69, 9.17) is 9.47 Å². The molecule has 1 amide bonds. The first-order valence-corrected chi connectivity index (χ1v) is 8.63. The van der Waals surface area contributed by atoms with E-state index in [2.05, 4.69) is 36.0 Å². The van der Waals surface area contributed by atoms with Gasteiger partial charge in [-0.3, -0.25) is 9.59 Å². The average Bonchev–Trinajstić information content (AvgIpc) is 2.52. The summed E-state index contributed by atoms with van der Waals surface area (Å²) in [6.07, 6.45) is -0.165. The van der Waals surface area contributed by atoms with Gasteiger partial charge >= 0.3 is 0 Å². The molecule has 7 heteroatoms. The molecule has 1 saturated heterocycles. The number of amides is 1. The Hall–Kier alpha value is -1.70. The van der Waals surface area contributed by atoms with Crippen molar-refractivity contribution >= 4 is 5.91 Å². The van der Waals surface area contributed by atoms with Gasteiger partial charge in [0.15, 0.2) is 0 Å². The van der Waals surface area contributed by atoms with Crippen LogP contribution in [0.2, 0.25) is 0 Å². The van der Waals surface area contributed by atoms with E-state index in [1.54, 1.807) is 12.1 Å². The first-order chi connectivity index (χ1) is 11.7. The summed E-state index contributed by atoms with van der Waals surface area (Å²) < 4.78 is 10.7. The van der Waals surface area contributed by atoms with Crippen LogP contribution in [0.5, 0.6) is 0 Å². The summed E-state index contributed by atoms with van der Waals surface area (Å²) in [7, 11) is 2.01. The fourth-order valence-corrected chi connectivity index (χ4v) is 2.90. The van der Waals surface area contributed by atoms with E-state index in [0.29, 0.717) is 32.9 Å². The van der Waals surface area contributed by atoms with Crippen LogP contribution in [0.4, 0.5) is 0 Å². The Morgan fingerprint density at radius 2 is 2.12 bits per heavy atom. The summed E-state index contributed by atoms with van der Waals surface area (Å²) in [4.78, 5) is 29.3. The Morgan fingerprint density at radius 3 is 2.72 bits per heavy atom. The molecule has 1 aliphatic rings. The van der Waals surface area contributed by atoms with Gasteiger partial charge in [-0.05, 0) is 24.6 Å². The van der Waals surface area contributed by atoms with Crippen molar-refractivity contribution in [2.45, 2.75) is 33.4 Å². The van der Waals surface area contributed by atoms with Gasteiger partial charge in [-0.15, -0.1) is 0 Å². The number of nitrogens with zero attached hydrogens (tertiary/aromatic N) is 1. The molecule has 2 N–H and O–H groups in total. The number of aromatic amines is 1. The second-order valence-corrected chi connectivity index (χ2v) is 7.74. The highest BCUT2D eigenvalue weighted by Crippen LogP contribution is 2.15. The quantitative estimate of drug-likeness (QED) is 0.799. The zero-order chi connectivity index (χ0) is 18.4. The highest BCUT2D eigenvalue weighted by atomic mass is 16.6. The Kier molecular flexibility index (Phi) is 6.75. The van der Waals surface area contributed by atoms with Crippen molar-refractivity contribution in [1.82, 2.24) is 15.2 Å². The van der Waals surface area contributed by atoms with Crippen LogP contribution in [0.15, 0.2) is 16.9 Å². The molecule has 1 fully saturated rings. The van der Waals surface area contributed by atoms with Crippen LogP contribution >= 0.6 is 0 Å². The highest BCUT2D eigenvalue weighted by molar-refractivity contribution is 5.93. The van der Waals surface area contributed by atoms with Crippen molar-refractivity contribution in [3.05, 3.63) is 33.7 Å². The largest absolute Gasteiger partial charge is 0.376 e. The number of carbonyl (C=O) groups is 1. The molecule has 1 aromatic rings. The average molecular weight is 351 g/mol. The van der Waals surface area contributed by atoms with Crippen LogP contribution in [0.3, 0.4) is 0 Å². The zero-order valence-corrected chi connectivity index (χ0v) is 15.6. The summed E-state index contributed by atoms with van der Waals surface area (Å²) in [5.41, 5.74) is 0.705. The maximum absolute atomic E-state index is 12.2. The van der Waals surface area contributed by atoms with Crippen molar-refractivity contribution < 1.29 is 14.3 Å². The number of aromatic nitrogens is 1. The summed E-state index contributed by atoms with van der Waals surface area (Å²) in [6.45, 7) is 9.92. The van der Waals surface area contributed by atoms with Gasteiger partial charge in [0.2, 0.25) is 0 Å². The zero-order valence-electron chi connectivity index (χ0n) is 15.6. The van der Waals surface area contributed by atoms with Crippen LogP contribution in [0.1, 0.15) is 36.8 Å². The third kappa shape index (κ3) is 6.61. The van der Waals surface area contributed by atoms with Crippen LogP contribution in [-0.4, -0.2) is 61.9 Å². The minimum Gasteiger partial charge on any atom is -0.376 e. The second-order valence-electron chi connectivity index (χ2n) is 7.74. The van der Waals surface area contributed by atoms with Gasteiger partial charge in [0.05, 0.1) is 25.9 Å². The SMILES string of the molecule is CN(Cc1ccc(C(=O)NC[C@@H]2COCCO2)c(=O)[nH]1)CC(C)(C)C. The summed E-state index contributed by atoms with van der Waals surface area (Å²) in [5.74, 6) is -0.398. The van der Waals surface area contributed by atoms with E-state index in [1.165, 1.54) is 0 Å². The molecule has 0 aromatic carbocycles. The smallest absolute Gasteiger partial charge is 0.261 e. The maximum Gasteiger partial charge on any atom is 0.261 e. The lowest BCUT2D eigenvalue weighted by Crippen LogP contribution is -2.41. The Balaban J connectivity index is 1.91. The Bertz CT molecular complexity index is 630. The van der Waals surface area contributed by atoms with E-state index >= 15 is 0 Å². The van der Waals surface area contributed by atoms with Crippen LogP contribution in [-0.2, 0) is 16.0 Å². The van der Waals surface area contributed by atoms with Gasteiger partial charge in [-0.1, -0.05) is 20.8 Å². The first kappa shape index (κ1) is 19.6. The van der Waals surface area contributed by atoms with Crippen LogP contribution in [0.25, 0.3) is 0 Å². The first-order valence-electron chi connectivity index (χ1n) is 8.63. The number of hydrogen-bond donors (Lipinski definition) is 2. The number of nitrogens with one attached hydrogen (secondary N) is 2. The molecule has 7 nitrogen and oxygen atoms in total. The lowest BCUT2D eigenvalue weighted by atomic mass is 9.96. The third-order valence-electron chi connectivity index (χ3n) is 3.77. The molecule has 2 heterocycles. The predicted molar refractivity (Wildman–Crippen MR) is 95.7 cm³/mol. The van der Waals surface area contributed by atoms with Gasteiger partial charge in [0.25, 0.3) is 11.5 Å². The topological polar surface area (TPSA) is 83.7 Å². The fourth-order valence-electron chi connectivity index (χ4n) is 2.90. The molecule has 0 bridgehead atoms. The molecule has 2 rings (SSSR count). The highest BCUT2D eigenvalue weighted by Gasteiger charge is 2.18. The Morgan fingerprint density at radius 1 is 1.36 bits per heavy atom. The number of H-pyrrole nitrogens is 1. The summed E-state index contributed by atoms with van der Waals surface area (Å²) in [5, 5.41) is 2.73. The van der Waals surface area contributed by atoms with Crippen molar-refractivity contribution in [3.8, 4) is 0 Å². The molecular formula is C18H29N3O4. The van der Waals surface area contributed by atoms with Gasteiger partial charge in [0.1, 0.15) is 5.56 Å². The van der Waals surface area contributed by atoms with Crippen molar-refractivity contribution in [1.29, 1.82) is 0 Å². The fraction of sp³-hybridized carbons (Fsp3) is 0.667. The summed E-state index contributed by atoms with van der Waals surface area (Å²) in [6, 6.07) is 3.36. The maximum atomic E-state index is 12.2. The van der Waals surface area contributed by atoms with Crippen molar-refractivity contribution in [2.24, 2.45) is 5.41 Å². The monoisotopic (exact) mass is 351 g/mol. The number of hydrogen-bond acceptors (Lipinski definition) is 5. The molecule has 140 valence electrons. The minimum absolute atomic E-state index is 0.110. The molecule has 25 heavy (non-hydrogen) atoms. The van der Waals surface area contributed by atoms with Gasteiger partial charge < -0.3 is 24.7 Å². The lowest BCUT2D eigenvalue weighted by molar-refractivity contribution is -0.0855. The van der Waals surface area contributed by atoms with Gasteiger partial charge in [-0.2, -0.15) is 0 Å². The minimum atomic E-state index is -0.398. The molecule has 1 aliphatic heterocycles. The standard InChI is InChI=1S/C18H29N3O4/c1-18(2,3)12-21(4)10-13-5-6-15(17(23)20-13)16(22)19-9-14-11-24-7-8-25-14/h5-6,14H,7-12H2,1-4H3,(H,19,22)(H,20,23)/t14-/m1/s1. The number of ether oxygens (including phenoxy) is 2. The number of pyridine rings is 1. The van der Waals surface area contributed by atoms with Crippen LogP contribution in [0, 0.1) is 5.41 Å². The molecule has 1 atom stereocenters. The van der Waals surface area contributed by atoms with Crippen molar-refractivity contribution in [2.75, 3.05) is 40.0 Å². The van der Waals surface area contributed by atoms with Crippen molar-refractivity contribution in [3.63, 3.8) is 0 Å². The molecular weight excluding hydrogens is 322 g/mol. The molecule has 1 aromatic heterocycles. The molecule has 0 radical (unpaired) electrons. The molecule has 0 saturated carbocycles. The normalized spacial score (nSPS) is 18.4. The van der Waals surface area contributed by atoms with E-state index in [9.17, 15) is 9.59 Å². The number of rotatable bonds is 6. The number of carbonyl (C=O) groups excluding carboxylic acids is 1. The lowest BCUT2D eigenvalue weighted by Gasteiger charge is -2.26. The summed E-state index contributed by atoms with van der Waals surface area (Å²) >= 11 is 0. The van der Waals surface area contributed by atoms with E-state index in [0.717, 1.165) is 12.2 Å². The van der Waals surface area contributed by atoms with Gasteiger partial charge in [0, 0.05) is 25.3 Å². The third-order valence-corrected chi connectivity index (χ3v) is 3.77. The molecule has 0 unspecified atom stereocenters. The molecule has 0 aliphatic carbocycles. The van der Waals surface area contributed by atoms with E-state index in [1.807, 2.05) is 7.05 Å². The Labute approximate surface area is 148 Å².